The molecule has 1 heterocycles. The van der Waals surface area contributed by atoms with Crippen LogP contribution in [0.4, 0.5) is 5.82 Å². The van der Waals surface area contributed by atoms with Gasteiger partial charge in [0.15, 0.2) is 0 Å². The summed E-state index contributed by atoms with van der Waals surface area (Å²) >= 11 is 0. The molecule has 4 nitrogen and oxygen atoms in total. The molecular formula is C16H29N3O. The van der Waals surface area contributed by atoms with Gasteiger partial charge in [0, 0.05) is 13.0 Å². The smallest absolute Gasteiger partial charge is 0.222 e. The molecule has 0 fully saturated rings. The fourth-order valence-electron chi connectivity index (χ4n) is 1.72. The highest BCUT2D eigenvalue weighted by atomic mass is 16.5. The van der Waals surface area contributed by atoms with Crippen molar-refractivity contribution in [2.45, 2.75) is 66.9 Å². The minimum atomic E-state index is 0.150. The van der Waals surface area contributed by atoms with Crippen LogP contribution in [0.15, 0.2) is 0 Å². The van der Waals surface area contributed by atoms with Crippen LogP contribution in [0.5, 0.6) is 5.88 Å². The van der Waals surface area contributed by atoms with Crippen LogP contribution in [0.25, 0.3) is 0 Å². The lowest BCUT2D eigenvalue weighted by atomic mass is 10.1. The zero-order chi connectivity index (χ0) is 15.1. The quantitative estimate of drug-likeness (QED) is 0.782. The van der Waals surface area contributed by atoms with E-state index in [1.165, 1.54) is 0 Å². The van der Waals surface area contributed by atoms with E-state index < -0.39 is 0 Å². The second-order valence-corrected chi connectivity index (χ2v) is 5.66. The zero-order valence-electron chi connectivity index (χ0n) is 13.8. The second-order valence-electron chi connectivity index (χ2n) is 5.66. The molecule has 0 radical (unpaired) electrons. The van der Waals surface area contributed by atoms with Crippen LogP contribution >= 0.6 is 0 Å². The van der Waals surface area contributed by atoms with E-state index in [9.17, 15) is 0 Å². The minimum absolute atomic E-state index is 0.150. The van der Waals surface area contributed by atoms with Crippen LogP contribution in [-0.2, 0) is 6.42 Å². The van der Waals surface area contributed by atoms with Gasteiger partial charge in [-0.1, -0.05) is 27.7 Å². The fourth-order valence-corrected chi connectivity index (χ4v) is 1.72. The Hall–Kier alpha value is -1.32. The number of ether oxygens (including phenoxy) is 1. The lowest BCUT2D eigenvalue weighted by Crippen LogP contribution is -2.21. The molecule has 1 rings (SSSR count). The molecule has 0 aromatic carbocycles. The average Bonchev–Trinajstić information content (AvgIpc) is 2.40. The Labute approximate surface area is 123 Å². The summed E-state index contributed by atoms with van der Waals surface area (Å²) in [6, 6.07) is 0. The van der Waals surface area contributed by atoms with Crippen molar-refractivity contribution in [3.63, 3.8) is 0 Å². The predicted octanol–water partition coefficient (Wildman–Crippen LogP) is 3.98. The molecule has 0 spiro atoms. The monoisotopic (exact) mass is 279 g/mol. The normalized spacial score (nSPS) is 12.6. The third-order valence-corrected chi connectivity index (χ3v) is 3.40. The number of aromatic nitrogens is 2. The Kier molecular flexibility index (Phi) is 6.76. The molecule has 0 saturated heterocycles. The molecule has 20 heavy (non-hydrogen) atoms. The van der Waals surface area contributed by atoms with Gasteiger partial charge >= 0.3 is 0 Å². The first-order valence-electron chi connectivity index (χ1n) is 7.77. The van der Waals surface area contributed by atoms with Crippen LogP contribution in [0.1, 0.15) is 58.8 Å². The van der Waals surface area contributed by atoms with Crippen molar-refractivity contribution in [1.29, 1.82) is 0 Å². The summed E-state index contributed by atoms with van der Waals surface area (Å²) in [4.78, 5) is 9.19. The van der Waals surface area contributed by atoms with Crippen molar-refractivity contribution in [2.75, 3.05) is 11.9 Å². The molecule has 0 aliphatic rings. The largest absolute Gasteiger partial charge is 0.474 e. The Morgan fingerprint density at radius 2 is 1.80 bits per heavy atom. The second kappa shape index (κ2) is 8.08. The van der Waals surface area contributed by atoms with E-state index in [0.29, 0.717) is 5.92 Å². The van der Waals surface area contributed by atoms with E-state index >= 15 is 0 Å². The third kappa shape index (κ3) is 4.66. The molecule has 1 N–H and O–H groups in total. The standard InChI is InChI=1S/C16H29N3O/c1-7-9-14-18-15(17-10-8-2)12(5)16(19-14)20-13(6)11(3)4/h11,13H,7-10H2,1-6H3,(H,17,18,19). The molecule has 114 valence electrons. The van der Waals surface area contributed by atoms with Crippen LogP contribution in [0, 0.1) is 12.8 Å². The highest BCUT2D eigenvalue weighted by molar-refractivity contribution is 5.48. The van der Waals surface area contributed by atoms with Gasteiger partial charge in [0.1, 0.15) is 11.6 Å². The van der Waals surface area contributed by atoms with Gasteiger partial charge < -0.3 is 10.1 Å². The van der Waals surface area contributed by atoms with E-state index in [1.807, 2.05) is 6.92 Å². The summed E-state index contributed by atoms with van der Waals surface area (Å²) in [6.45, 7) is 13.6. The zero-order valence-corrected chi connectivity index (χ0v) is 13.8. The Morgan fingerprint density at radius 1 is 1.10 bits per heavy atom. The Morgan fingerprint density at radius 3 is 2.35 bits per heavy atom. The Balaban J connectivity index is 3.03. The number of hydrogen-bond acceptors (Lipinski definition) is 4. The number of hydrogen-bond donors (Lipinski definition) is 1. The molecule has 0 aliphatic carbocycles. The highest BCUT2D eigenvalue weighted by Crippen LogP contribution is 2.24. The number of nitrogens with zero attached hydrogens (tertiary/aromatic N) is 2. The number of rotatable bonds is 8. The van der Waals surface area contributed by atoms with E-state index in [2.05, 4.69) is 49.9 Å². The van der Waals surface area contributed by atoms with Gasteiger partial charge in [-0.3, -0.25) is 0 Å². The van der Waals surface area contributed by atoms with Gasteiger partial charge in [-0.15, -0.1) is 0 Å². The van der Waals surface area contributed by atoms with Gasteiger partial charge in [-0.2, -0.15) is 4.98 Å². The Bertz CT molecular complexity index is 418. The molecular weight excluding hydrogens is 250 g/mol. The first kappa shape index (κ1) is 16.7. The SMILES string of the molecule is CCCNc1nc(CCC)nc(OC(C)C(C)C)c1C. The first-order valence-corrected chi connectivity index (χ1v) is 7.77. The number of aryl methyl sites for hydroxylation is 1. The predicted molar refractivity (Wildman–Crippen MR) is 84.5 cm³/mol. The van der Waals surface area contributed by atoms with Gasteiger partial charge in [0.25, 0.3) is 0 Å². The summed E-state index contributed by atoms with van der Waals surface area (Å²) in [5.74, 6) is 2.97. The number of anilines is 1. The summed E-state index contributed by atoms with van der Waals surface area (Å²) < 4.78 is 6.02. The highest BCUT2D eigenvalue weighted by Gasteiger charge is 2.16. The average molecular weight is 279 g/mol. The fraction of sp³-hybridized carbons (Fsp3) is 0.750. The van der Waals surface area contributed by atoms with Crippen molar-refractivity contribution in [3.05, 3.63) is 11.4 Å². The van der Waals surface area contributed by atoms with Crippen molar-refractivity contribution < 1.29 is 4.74 Å². The van der Waals surface area contributed by atoms with Gasteiger partial charge in [-0.25, -0.2) is 4.98 Å². The lowest BCUT2D eigenvalue weighted by Gasteiger charge is -2.20. The molecule has 1 atom stereocenters. The summed E-state index contributed by atoms with van der Waals surface area (Å²) in [7, 11) is 0. The van der Waals surface area contributed by atoms with Crippen molar-refractivity contribution in [3.8, 4) is 5.88 Å². The molecule has 1 aromatic rings. The molecule has 4 heteroatoms. The van der Waals surface area contributed by atoms with Crippen molar-refractivity contribution >= 4 is 5.82 Å². The molecule has 1 aromatic heterocycles. The maximum absolute atomic E-state index is 6.02. The molecule has 1 unspecified atom stereocenters. The maximum atomic E-state index is 6.02. The minimum Gasteiger partial charge on any atom is -0.474 e. The maximum Gasteiger partial charge on any atom is 0.222 e. The van der Waals surface area contributed by atoms with Crippen molar-refractivity contribution in [2.24, 2.45) is 5.92 Å². The molecule has 0 bridgehead atoms. The first-order chi connectivity index (χ1) is 9.49. The van der Waals surface area contributed by atoms with E-state index in [1.54, 1.807) is 0 Å². The van der Waals surface area contributed by atoms with E-state index in [0.717, 1.165) is 48.9 Å². The topological polar surface area (TPSA) is 47.0 Å². The van der Waals surface area contributed by atoms with Crippen LogP contribution in [0.2, 0.25) is 0 Å². The summed E-state index contributed by atoms with van der Waals surface area (Å²) in [6.07, 6.45) is 3.14. The van der Waals surface area contributed by atoms with Gasteiger partial charge in [0.2, 0.25) is 5.88 Å². The van der Waals surface area contributed by atoms with Crippen molar-refractivity contribution in [1.82, 2.24) is 9.97 Å². The summed E-state index contributed by atoms with van der Waals surface area (Å²) in [5.41, 5.74) is 1.01. The third-order valence-electron chi connectivity index (χ3n) is 3.40. The van der Waals surface area contributed by atoms with Crippen LogP contribution in [-0.4, -0.2) is 22.6 Å². The van der Waals surface area contributed by atoms with Gasteiger partial charge in [0.05, 0.1) is 11.7 Å². The number of nitrogens with one attached hydrogen (secondary N) is 1. The molecule has 0 amide bonds. The molecule has 0 saturated carbocycles. The van der Waals surface area contributed by atoms with Crippen LogP contribution in [0.3, 0.4) is 0 Å². The van der Waals surface area contributed by atoms with E-state index in [-0.39, 0.29) is 6.10 Å². The van der Waals surface area contributed by atoms with Crippen LogP contribution < -0.4 is 10.1 Å². The lowest BCUT2D eigenvalue weighted by molar-refractivity contribution is 0.161. The summed E-state index contributed by atoms with van der Waals surface area (Å²) in [5, 5.41) is 3.37. The van der Waals surface area contributed by atoms with Gasteiger partial charge in [-0.05, 0) is 32.6 Å². The van der Waals surface area contributed by atoms with E-state index in [4.69, 9.17) is 4.74 Å². The molecule has 0 aliphatic heterocycles.